The van der Waals surface area contributed by atoms with E-state index in [1.165, 1.54) is 6.08 Å². The third-order valence-corrected chi connectivity index (χ3v) is 1.75. The van der Waals surface area contributed by atoms with E-state index in [9.17, 15) is 4.79 Å². The molecule has 0 atom stereocenters. The monoisotopic (exact) mass is 205 g/mol. The second-order valence-corrected chi connectivity index (χ2v) is 2.79. The number of hydrogen-bond acceptors (Lipinski definition) is 4. The van der Waals surface area contributed by atoms with Crippen molar-refractivity contribution in [3.8, 4) is 6.07 Å². The van der Waals surface area contributed by atoms with Gasteiger partial charge in [0.1, 0.15) is 17.5 Å². The third-order valence-electron chi connectivity index (χ3n) is 1.75. The number of aryl methyl sites for hydroxylation is 1. The predicted octanol–water partition coefficient (Wildman–Crippen LogP) is 0.890. The highest BCUT2D eigenvalue weighted by atomic mass is 16.5. The van der Waals surface area contributed by atoms with Crippen LogP contribution in [0.3, 0.4) is 0 Å². The number of ether oxygens (including phenoxy) is 1. The molecule has 0 amide bonds. The predicted molar refractivity (Wildman–Crippen MR) is 53.4 cm³/mol. The van der Waals surface area contributed by atoms with Crippen molar-refractivity contribution in [2.75, 3.05) is 6.61 Å². The average molecular weight is 205 g/mol. The molecule has 1 aromatic heterocycles. The Labute approximate surface area is 87.6 Å². The molecule has 0 bridgehead atoms. The molecule has 0 N–H and O–H groups in total. The molecule has 0 aliphatic rings. The van der Waals surface area contributed by atoms with Crippen molar-refractivity contribution in [3.05, 3.63) is 23.8 Å². The molecule has 5 nitrogen and oxygen atoms in total. The maximum absolute atomic E-state index is 11.3. The van der Waals surface area contributed by atoms with Gasteiger partial charge in [0.25, 0.3) is 0 Å². The molecule has 0 fully saturated rings. The van der Waals surface area contributed by atoms with Gasteiger partial charge in [-0.2, -0.15) is 5.26 Å². The number of esters is 1. The quantitative estimate of drug-likeness (QED) is 0.417. The Hall–Kier alpha value is -2.09. The van der Waals surface area contributed by atoms with Gasteiger partial charge in [-0.05, 0) is 6.92 Å². The number of hydrogen-bond donors (Lipinski definition) is 0. The van der Waals surface area contributed by atoms with Crippen molar-refractivity contribution in [2.24, 2.45) is 7.05 Å². The maximum Gasteiger partial charge on any atom is 0.349 e. The molecule has 1 rings (SSSR count). The standard InChI is InChI=1S/C10H11N3O2/c1-3-15-10(14)8(7-11)6-9-12-4-5-13(9)2/h4-6H,3H2,1-2H3. The summed E-state index contributed by atoms with van der Waals surface area (Å²) in [4.78, 5) is 15.2. The number of nitriles is 1. The van der Waals surface area contributed by atoms with Crippen molar-refractivity contribution in [3.63, 3.8) is 0 Å². The minimum atomic E-state index is -0.622. The summed E-state index contributed by atoms with van der Waals surface area (Å²) in [5.74, 6) is -0.0809. The summed E-state index contributed by atoms with van der Waals surface area (Å²) >= 11 is 0. The van der Waals surface area contributed by atoms with Gasteiger partial charge in [0.2, 0.25) is 0 Å². The Balaban J connectivity index is 2.94. The lowest BCUT2D eigenvalue weighted by Gasteiger charge is -1.99. The zero-order valence-corrected chi connectivity index (χ0v) is 8.60. The van der Waals surface area contributed by atoms with Crippen molar-refractivity contribution in [2.45, 2.75) is 6.92 Å². The van der Waals surface area contributed by atoms with Crippen LogP contribution in [0, 0.1) is 11.3 Å². The van der Waals surface area contributed by atoms with E-state index in [1.54, 1.807) is 37.0 Å². The number of nitrogens with zero attached hydrogens (tertiary/aromatic N) is 3. The second-order valence-electron chi connectivity index (χ2n) is 2.79. The molecule has 0 unspecified atom stereocenters. The van der Waals surface area contributed by atoms with Crippen LogP contribution in [0.1, 0.15) is 12.7 Å². The van der Waals surface area contributed by atoms with E-state index in [1.807, 2.05) is 0 Å². The molecular formula is C10H11N3O2. The lowest BCUT2D eigenvalue weighted by molar-refractivity contribution is -0.137. The largest absolute Gasteiger partial charge is 0.462 e. The summed E-state index contributed by atoms with van der Waals surface area (Å²) in [5.41, 5.74) is -0.0499. The van der Waals surface area contributed by atoms with Gasteiger partial charge in [-0.15, -0.1) is 0 Å². The normalized spacial score (nSPS) is 10.9. The molecule has 0 spiro atoms. The van der Waals surface area contributed by atoms with Gasteiger partial charge in [-0.25, -0.2) is 9.78 Å². The zero-order valence-electron chi connectivity index (χ0n) is 8.60. The van der Waals surface area contributed by atoms with Gasteiger partial charge in [-0.1, -0.05) is 0 Å². The molecule has 15 heavy (non-hydrogen) atoms. The van der Waals surface area contributed by atoms with Crippen molar-refractivity contribution in [1.82, 2.24) is 9.55 Å². The highest BCUT2D eigenvalue weighted by Gasteiger charge is 2.10. The van der Waals surface area contributed by atoms with Gasteiger partial charge in [0.05, 0.1) is 6.61 Å². The Morgan fingerprint density at radius 2 is 2.53 bits per heavy atom. The van der Waals surface area contributed by atoms with Crippen LogP contribution in [0.25, 0.3) is 6.08 Å². The second kappa shape index (κ2) is 4.96. The van der Waals surface area contributed by atoms with Gasteiger partial charge >= 0.3 is 5.97 Å². The van der Waals surface area contributed by atoms with E-state index in [0.29, 0.717) is 5.82 Å². The SMILES string of the molecule is CCOC(=O)C(C#N)=Cc1nccn1C. The highest BCUT2D eigenvalue weighted by Crippen LogP contribution is 2.05. The lowest BCUT2D eigenvalue weighted by Crippen LogP contribution is -2.06. The Morgan fingerprint density at radius 3 is 3.00 bits per heavy atom. The minimum absolute atomic E-state index is 0.0499. The number of carbonyl (C=O) groups is 1. The molecule has 0 saturated heterocycles. The van der Waals surface area contributed by atoms with E-state index < -0.39 is 5.97 Å². The van der Waals surface area contributed by atoms with Crippen LogP contribution in [0.5, 0.6) is 0 Å². The molecular weight excluding hydrogens is 194 g/mol. The number of rotatable bonds is 3. The summed E-state index contributed by atoms with van der Waals surface area (Å²) in [6, 6.07) is 1.79. The van der Waals surface area contributed by atoms with Crippen LogP contribution in [0.15, 0.2) is 18.0 Å². The van der Waals surface area contributed by atoms with E-state index in [2.05, 4.69) is 4.98 Å². The number of carbonyl (C=O) groups excluding carboxylic acids is 1. The molecule has 5 heteroatoms. The van der Waals surface area contributed by atoms with Crippen LogP contribution >= 0.6 is 0 Å². The van der Waals surface area contributed by atoms with Crippen LogP contribution in [-0.2, 0) is 16.6 Å². The van der Waals surface area contributed by atoms with Crippen molar-refractivity contribution >= 4 is 12.0 Å². The molecule has 0 radical (unpaired) electrons. The fourth-order valence-corrected chi connectivity index (χ4v) is 0.991. The summed E-state index contributed by atoms with van der Waals surface area (Å²) in [5, 5.41) is 8.76. The number of imidazole rings is 1. The van der Waals surface area contributed by atoms with Crippen molar-refractivity contribution in [1.29, 1.82) is 5.26 Å². The van der Waals surface area contributed by atoms with Crippen LogP contribution in [0.4, 0.5) is 0 Å². The Kier molecular flexibility index (Phi) is 3.63. The van der Waals surface area contributed by atoms with Crippen molar-refractivity contribution < 1.29 is 9.53 Å². The first-order valence-electron chi connectivity index (χ1n) is 4.45. The van der Waals surface area contributed by atoms with E-state index in [0.717, 1.165) is 0 Å². The highest BCUT2D eigenvalue weighted by molar-refractivity contribution is 5.97. The van der Waals surface area contributed by atoms with E-state index in [-0.39, 0.29) is 12.2 Å². The van der Waals surface area contributed by atoms with E-state index >= 15 is 0 Å². The first kappa shape index (κ1) is 11.0. The smallest absolute Gasteiger partial charge is 0.349 e. The molecule has 1 heterocycles. The van der Waals surface area contributed by atoms with Crippen LogP contribution in [0.2, 0.25) is 0 Å². The molecule has 0 saturated carbocycles. The number of aromatic nitrogens is 2. The molecule has 0 aromatic carbocycles. The summed E-state index contributed by atoms with van der Waals surface area (Å²) in [7, 11) is 1.78. The molecule has 0 aliphatic carbocycles. The van der Waals surface area contributed by atoms with Gasteiger partial charge in [-0.3, -0.25) is 0 Å². The van der Waals surface area contributed by atoms with Crippen LogP contribution in [-0.4, -0.2) is 22.1 Å². The fourth-order valence-electron chi connectivity index (χ4n) is 0.991. The molecule has 0 aliphatic heterocycles. The van der Waals surface area contributed by atoms with Crippen LogP contribution < -0.4 is 0 Å². The Bertz CT molecular complexity index is 426. The van der Waals surface area contributed by atoms with E-state index in [4.69, 9.17) is 10.00 Å². The summed E-state index contributed by atoms with van der Waals surface area (Å²) in [6.07, 6.45) is 4.72. The topological polar surface area (TPSA) is 67.9 Å². The van der Waals surface area contributed by atoms with Gasteiger partial charge < -0.3 is 9.30 Å². The minimum Gasteiger partial charge on any atom is -0.462 e. The molecule has 1 aromatic rings. The summed E-state index contributed by atoms with van der Waals surface area (Å²) < 4.78 is 6.42. The molecule has 78 valence electrons. The first-order chi connectivity index (χ1) is 7.19. The zero-order chi connectivity index (χ0) is 11.3. The average Bonchev–Trinajstić information content (AvgIpc) is 2.61. The first-order valence-corrected chi connectivity index (χ1v) is 4.45. The fraction of sp³-hybridized carbons (Fsp3) is 0.300. The maximum atomic E-state index is 11.3. The third kappa shape index (κ3) is 2.68. The van der Waals surface area contributed by atoms with Gasteiger partial charge in [0, 0.05) is 25.5 Å². The summed E-state index contributed by atoms with van der Waals surface area (Å²) in [6.45, 7) is 1.94. The lowest BCUT2D eigenvalue weighted by atomic mass is 10.2. The Morgan fingerprint density at radius 1 is 1.80 bits per heavy atom. The van der Waals surface area contributed by atoms with Gasteiger partial charge in [0.15, 0.2) is 0 Å².